The van der Waals surface area contributed by atoms with Crippen LogP contribution in [0.3, 0.4) is 0 Å². The number of hydrogen-bond acceptors (Lipinski definition) is 6. The van der Waals surface area contributed by atoms with E-state index in [1.165, 1.54) is 25.1 Å². The molecule has 21 heavy (non-hydrogen) atoms. The van der Waals surface area contributed by atoms with E-state index in [-0.39, 0.29) is 11.7 Å². The first-order valence-corrected chi connectivity index (χ1v) is 8.40. The molecule has 2 aromatic rings. The lowest BCUT2D eigenvalue weighted by molar-refractivity contribution is -0.113. The molecule has 1 N–H and O–H groups in total. The summed E-state index contributed by atoms with van der Waals surface area (Å²) in [5.41, 5.74) is 0. The number of anilines is 1. The van der Waals surface area contributed by atoms with Gasteiger partial charge in [0.15, 0.2) is 5.13 Å². The summed E-state index contributed by atoms with van der Waals surface area (Å²) in [5.74, 6) is -0.361. The minimum atomic E-state index is -0.461. The van der Waals surface area contributed by atoms with Crippen molar-refractivity contribution in [3.8, 4) is 0 Å². The maximum Gasteiger partial charge on any atom is 0.349 e. The molecule has 1 amide bonds. The van der Waals surface area contributed by atoms with Crippen LogP contribution in [0.25, 0.3) is 0 Å². The summed E-state index contributed by atoms with van der Waals surface area (Å²) < 4.78 is 5.58. The van der Waals surface area contributed by atoms with Gasteiger partial charge in [-0.15, -0.1) is 11.8 Å². The number of ether oxygens (including phenoxy) is 1. The Morgan fingerprint density at radius 3 is 2.76 bits per heavy atom. The van der Waals surface area contributed by atoms with Gasteiger partial charge < -0.3 is 10.1 Å². The number of hydrogen-bond donors (Lipinski definition) is 1. The standard InChI is InChI=1S/C13H11BrN2O3S2/c1-19-12(18)10-6-15-13(21-10)16-11(17)7-20-9-4-2-8(14)3-5-9/h2-6H,7H2,1H3,(H,15,16,17). The number of nitrogens with one attached hydrogen (secondary N) is 1. The molecule has 0 atom stereocenters. The second-order valence-electron chi connectivity index (χ2n) is 3.81. The van der Waals surface area contributed by atoms with Gasteiger partial charge in [-0.3, -0.25) is 4.79 Å². The SMILES string of the molecule is COC(=O)c1cnc(NC(=O)CSc2ccc(Br)cc2)s1. The van der Waals surface area contributed by atoms with Crippen molar-refractivity contribution < 1.29 is 14.3 Å². The first kappa shape index (κ1) is 16.0. The van der Waals surface area contributed by atoms with Gasteiger partial charge in [-0.25, -0.2) is 9.78 Å². The van der Waals surface area contributed by atoms with Crippen molar-refractivity contribution in [2.75, 3.05) is 18.2 Å². The van der Waals surface area contributed by atoms with E-state index in [0.29, 0.717) is 10.0 Å². The Morgan fingerprint density at radius 1 is 1.38 bits per heavy atom. The van der Waals surface area contributed by atoms with Gasteiger partial charge in [-0.1, -0.05) is 27.3 Å². The molecular weight excluding hydrogens is 376 g/mol. The first-order valence-electron chi connectivity index (χ1n) is 5.81. The van der Waals surface area contributed by atoms with Crippen LogP contribution in [-0.4, -0.2) is 29.7 Å². The monoisotopic (exact) mass is 386 g/mol. The second kappa shape index (κ2) is 7.58. The molecule has 0 unspecified atom stereocenters. The van der Waals surface area contributed by atoms with Gasteiger partial charge in [-0.2, -0.15) is 0 Å². The quantitative estimate of drug-likeness (QED) is 0.629. The number of carbonyl (C=O) groups excluding carboxylic acids is 2. The number of nitrogens with zero attached hydrogens (tertiary/aromatic N) is 1. The molecule has 2 rings (SSSR count). The number of thiazole rings is 1. The van der Waals surface area contributed by atoms with E-state index in [1.54, 1.807) is 0 Å². The largest absolute Gasteiger partial charge is 0.465 e. The van der Waals surface area contributed by atoms with E-state index < -0.39 is 5.97 Å². The van der Waals surface area contributed by atoms with Crippen molar-refractivity contribution in [1.82, 2.24) is 4.98 Å². The van der Waals surface area contributed by atoms with Gasteiger partial charge in [0.2, 0.25) is 5.91 Å². The molecule has 5 nitrogen and oxygen atoms in total. The molecule has 1 aromatic carbocycles. The topological polar surface area (TPSA) is 68.3 Å². The van der Waals surface area contributed by atoms with E-state index in [9.17, 15) is 9.59 Å². The van der Waals surface area contributed by atoms with E-state index in [2.05, 4.69) is 31.0 Å². The Morgan fingerprint density at radius 2 is 2.10 bits per heavy atom. The highest BCUT2D eigenvalue weighted by molar-refractivity contribution is 9.10. The summed E-state index contributed by atoms with van der Waals surface area (Å²) >= 11 is 5.87. The molecule has 0 saturated carbocycles. The van der Waals surface area contributed by atoms with Crippen LogP contribution in [0.15, 0.2) is 39.8 Å². The van der Waals surface area contributed by atoms with Gasteiger partial charge in [0.05, 0.1) is 19.1 Å². The lowest BCUT2D eigenvalue weighted by atomic mass is 10.4. The zero-order chi connectivity index (χ0) is 15.2. The van der Waals surface area contributed by atoms with Gasteiger partial charge in [0.1, 0.15) is 4.88 Å². The molecule has 1 aromatic heterocycles. The third-order valence-electron chi connectivity index (χ3n) is 2.32. The zero-order valence-electron chi connectivity index (χ0n) is 11.0. The van der Waals surface area contributed by atoms with Crippen LogP contribution >= 0.6 is 39.0 Å². The summed E-state index contributed by atoms with van der Waals surface area (Å²) in [6.45, 7) is 0. The Labute approximate surface area is 138 Å². The molecule has 0 spiro atoms. The highest BCUT2D eigenvalue weighted by Gasteiger charge is 2.12. The number of rotatable bonds is 5. The van der Waals surface area contributed by atoms with Crippen LogP contribution in [0.2, 0.25) is 0 Å². The van der Waals surface area contributed by atoms with Crippen LogP contribution in [0.5, 0.6) is 0 Å². The number of amides is 1. The van der Waals surface area contributed by atoms with Crippen LogP contribution in [0.1, 0.15) is 9.67 Å². The Bertz CT molecular complexity index is 643. The molecule has 0 fully saturated rings. The molecular formula is C13H11BrN2O3S2. The summed E-state index contributed by atoms with van der Waals surface area (Å²) in [6.07, 6.45) is 1.38. The normalized spacial score (nSPS) is 10.2. The molecule has 0 aliphatic carbocycles. The van der Waals surface area contributed by atoms with Crippen LogP contribution in [-0.2, 0) is 9.53 Å². The summed E-state index contributed by atoms with van der Waals surface area (Å²) in [7, 11) is 1.30. The molecule has 0 bridgehead atoms. The van der Waals surface area contributed by atoms with Gasteiger partial charge in [-0.05, 0) is 24.3 Å². The van der Waals surface area contributed by atoms with Gasteiger partial charge >= 0.3 is 5.97 Å². The number of thioether (sulfide) groups is 1. The third kappa shape index (κ3) is 4.83. The lowest BCUT2D eigenvalue weighted by Crippen LogP contribution is -2.13. The minimum absolute atomic E-state index is 0.173. The average molecular weight is 387 g/mol. The lowest BCUT2D eigenvalue weighted by Gasteiger charge is -2.02. The number of halogens is 1. The van der Waals surface area contributed by atoms with Gasteiger partial charge in [0.25, 0.3) is 0 Å². The molecule has 0 radical (unpaired) electrons. The maximum atomic E-state index is 11.8. The highest BCUT2D eigenvalue weighted by Crippen LogP contribution is 2.22. The van der Waals surface area contributed by atoms with Crippen LogP contribution in [0.4, 0.5) is 5.13 Å². The van der Waals surface area contributed by atoms with Gasteiger partial charge in [0, 0.05) is 9.37 Å². The predicted octanol–water partition coefficient (Wildman–Crippen LogP) is 3.42. The van der Waals surface area contributed by atoms with E-state index >= 15 is 0 Å². The number of esters is 1. The fraction of sp³-hybridized carbons (Fsp3) is 0.154. The summed E-state index contributed by atoms with van der Waals surface area (Å²) in [4.78, 5) is 28.4. The number of aromatic nitrogens is 1. The fourth-order valence-corrected chi connectivity index (χ4v) is 3.08. The highest BCUT2D eigenvalue weighted by atomic mass is 79.9. The molecule has 1 heterocycles. The zero-order valence-corrected chi connectivity index (χ0v) is 14.2. The van der Waals surface area contributed by atoms with E-state index in [1.807, 2.05) is 24.3 Å². The summed E-state index contributed by atoms with van der Waals surface area (Å²) in [5, 5.41) is 3.04. The molecule has 0 aliphatic rings. The maximum absolute atomic E-state index is 11.8. The smallest absolute Gasteiger partial charge is 0.349 e. The minimum Gasteiger partial charge on any atom is -0.465 e. The van der Waals surface area contributed by atoms with Crippen molar-refractivity contribution in [1.29, 1.82) is 0 Å². The Balaban J connectivity index is 1.85. The second-order valence-corrected chi connectivity index (χ2v) is 6.81. The van der Waals surface area contributed by atoms with Crippen molar-refractivity contribution in [3.05, 3.63) is 39.8 Å². The fourth-order valence-electron chi connectivity index (χ4n) is 1.36. The summed E-state index contributed by atoms with van der Waals surface area (Å²) in [6, 6.07) is 7.70. The van der Waals surface area contributed by atoms with Crippen molar-refractivity contribution in [3.63, 3.8) is 0 Å². The van der Waals surface area contributed by atoms with E-state index in [0.717, 1.165) is 20.7 Å². The molecule has 0 saturated heterocycles. The third-order valence-corrected chi connectivity index (χ3v) is 4.76. The van der Waals surface area contributed by atoms with Crippen molar-refractivity contribution >= 4 is 56.0 Å². The number of carbonyl (C=O) groups is 2. The molecule has 8 heteroatoms. The molecule has 0 aliphatic heterocycles. The predicted molar refractivity (Wildman–Crippen MR) is 86.9 cm³/mol. The van der Waals surface area contributed by atoms with Crippen molar-refractivity contribution in [2.24, 2.45) is 0 Å². The Hall–Kier alpha value is -1.38. The number of benzene rings is 1. The van der Waals surface area contributed by atoms with Crippen LogP contribution in [0, 0.1) is 0 Å². The van der Waals surface area contributed by atoms with E-state index in [4.69, 9.17) is 0 Å². The average Bonchev–Trinajstić information content (AvgIpc) is 2.94. The first-order chi connectivity index (χ1) is 10.1. The Kier molecular flexibility index (Phi) is 5.77. The van der Waals surface area contributed by atoms with Crippen LogP contribution < -0.4 is 5.32 Å². The molecule has 110 valence electrons. The number of methoxy groups -OCH3 is 1. The van der Waals surface area contributed by atoms with Crippen molar-refractivity contribution in [2.45, 2.75) is 4.90 Å².